The van der Waals surface area contributed by atoms with Crippen LogP contribution in [0.5, 0.6) is 0 Å². The number of carbonyl (C=O) groups is 1. The summed E-state index contributed by atoms with van der Waals surface area (Å²) in [5, 5.41) is 9.51. The van der Waals surface area contributed by atoms with E-state index in [1.54, 1.807) is 0 Å². The van der Waals surface area contributed by atoms with Gasteiger partial charge in [-0.1, -0.05) is 12.1 Å². The Morgan fingerprint density at radius 3 is 2.42 bits per heavy atom. The van der Waals surface area contributed by atoms with Gasteiger partial charge in [0.25, 0.3) is 0 Å². The zero-order valence-corrected chi connectivity index (χ0v) is 16.0. The summed E-state index contributed by atoms with van der Waals surface area (Å²) in [4.78, 5) is 10.7. The molecule has 2 rings (SSSR count). The first-order chi connectivity index (χ1) is 11.2. The molecule has 0 saturated carbocycles. The highest BCUT2D eigenvalue weighted by Gasteiger charge is 2.57. The van der Waals surface area contributed by atoms with Gasteiger partial charge >= 0.3 is 19.2 Å². The first-order valence-electron chi connectivity index (χ1n) is 6.91. The fourth-order valence-electron chi connectivity index (χ4n) is 2.11. The van der Waals surface area contributed by atoms with Gasteiger partial charge in [-0.25, -0.2) is 4.79 Å². The van der Waals surface area contributed by atoms with Crippen LogP contribution < -0.4 is 0 Å². The van der Waals surface area contributed by atoms with E-state index < -0.39 is 24.1 Å². The van der Waals surface area contributed by atoms with Crippen LogP contribution in [0.25, 0.3) is 10.1 Å². The zero-order chi connectivity index (χ0) is 18.1. The molecule has 0 fully saturated rings. The summed E-state index contributed by atoms with van der Waals surface area (Å²) >= 11 is 3.63. The number of aromatic carboxylic acids is 1. The molecule has 10 heteroatoms. The van der Waals surface area contributed by atoms with Crippen LogP contribution in [-0.2, 0) is 19.3 Å². The first-order valence-corrected chi connectivity index (χ1v) is 10.1. The average Bonchev–Trinajstić information content (AvgIpc) is 2.85. The molecule has 1 N–H and O–H groups in total. The van der Waals surface area contributed by atoms with Gasteiger partial charge in [-0.05, 0) is 35.8 Å². The van der Waals surface area contributed by atoms with Crippen molar-refractivity contribution >= 4 is 50.9 Å². The number of alkyl halides is 2. The normalized spacial score (nSPS) is 12.7. The molecule has 2 aromatic rings. The van der Waals surface area contributed by atoms with Gasteiger partial charge in [0, 0.05) is 9.86 Å². The van der Waals surface area contributed by atoms with Crippen molar-refractivity contribution in [3.05, 3.63) is 33.1 Å². The van der Waals surface area contributed by atoms with Crippen molar-refractivity contribution in [2.45, 2.75) is 19.5 Å². The Balaban J connectivity index is 2.70. The molecule has 24 heavy (non-hydrogen) atoms. The summed E-state index contributed by atoms with van der Waals surface area (Å²) in [6.07, 6.45) is 0. The van der Waals surface area contributed by atoms with Gasteiger partial charge in [0.2, 0.25) is 0 Å². The van der Waals surface area contributed by atoms with Crippen molar-refractivity contribution in [2.24, 2.45) is 0 Å². The molecule has 5 nitrogen and oxygen atoms in total. The molecule has 132 valence electrons. The van der Waals surface area contributed by atoms with Crippen LogP contribution in [0.2, 0.25) is 0 Å². The largest absolute Gasteiger partial charge is 0.478 e. The van der Waals surface area contributed by atoms with Gasteiger partial charge in [-0.3, -0.25) is 4.57 Å². The van der Waals surface area contributed by atoms with Crippen LogP contribution in [0.1, 0.15) is 29.1 Å². The summed E-state index contributed by atoms with van der Waals surface area (Å²) in [5.74, 6) is -1.23. The van der Waals surface area contributed by atoms with Crippen LogP contribution in [0.15, 0.2) is 22.7 Å². The Morgan fingerprint density at radius 2 is 1.92 bits per heavy atom. The van der Waals surface area contributed by atoms with E-state index in [1.165, 1.54) is 32.0 Å². The summed E-state index contributed by atoms with van der Waals surface area (Å²) in [6, 6.07) is 4.28. The smallest absolute Gasteiger partial charge is 0.405 e. The third kappa shape index (κ3) is 3.15. The van der Waals surface area contributed by atoms with Crippen LogP contribution in [0, 0.1) is 0 Å². The van der Waals surface area contributed by atoms with Crippen LogP contribution in [-0.4, -0.2) is 24.3 Å². The Kier molecular flexibility index (Phi) is 5.82. The lowest BCUT2D eigenvalue weighted by Crippen LogP contribution is -2.17. The van der Waals surface area contributed by atoms with E-state index in [9.17, 15) is 23.2 Å². The van der Waals surface area contributed by atoms with Gasteiger partial charge in [0.1, 0.15) is 4.88 Å². The molecule has 0 unspecified atom stereocenters. The van der Waals surface area contributed by atoms with E-state index in [2.05, 4.69) is 15.9 Å². The Labute approximate surface area is 149 Å². The second kappa shape index (κ2) is 7.17. The van der Waals surface area contributed by atoms with Gasteiger partial charge in [-0.15, -0.1) is 11.3 Å². The van der Waals surface area contributed by atoms with Crippen molar-refractivity contribution in [3.8, 4) is 0 Å². The second-order valence-corrected chi connectivity index (χ2v) is 8.49. The minimum Gasteiger partial charge on any atom is -0.478 e. The van der Waals surface area contributed by atoms with Gasteiger partial charge in [-0.2, -0.15) is 8.78 Å². The van der Waals surface area contributed by atoms with E-state index in [0.29, 0.717) is 16.7 Å². The Bertz CT molecular complexity index is 813. The minimum atomic E-state index is -4.77. The van der Waals surface area contributed by atoms with Crippen molar-refractivity contribution in [1.82, 2.24) is 0 Å². The number of hydrogen-bond donors (Lipinski definition) is 1. The fourth-order valence-corrected chi connectivity index (χ4v) is 6.20. The molecular formula is C14H14BrF2O5PS. The highest BCUT2D eigenvalue weighted by atomic mass is 79.9. The maximum atomic E-state index is 14.9. The third-order valence-electron chi connectivity index (χ3n) is 3.10. The molecule has 1 aromatic carbocycles. The number of rotatable bonds is 7. The topological polar surface area (TPSA) is 72.8 Å². The van der Waals surface area contributed by atoms with Crippen LogP contribution in [0.4, 0.5) is 8.78 Å². The van der Waals surface area contributed by atoms with E-state index >= 15 is 0 Å². The summed E-state index contributed by atoms with van der Waals surface area (Å²) in [5.41, 5.74) is -4.03. The minimum absolute atomic E-state index is 0.0183. The maximum Gasteiger partial charge on any atom is 0.405 e. The van der Waals surface area contributed by atoms with E-state index in [0.717, 1.165) is 0 Å². The third-order valence-corrected chi connectivity index (χ3v) is 7.75. The molecule has 0 atom stereocenters. The number of hydrogen-bond acceptors (Lipinski definition) is 5. The van der Waals surface area contributed by atoms with Gasteiger partial charge in [0.15, 0.2) is 0 Å². The first kappa shape index (κ1) is 19.5. The Morgan fingerprint density at radius 1 is 1.33 bits per heavy atom. The lowest BCUT2D eigenvalue weighted by Gasteiger charge is -2.25. The maximum absolute atomic E-state index is 14.9. The molecule has 0 aliphatic heterocycles. The average molecular weight is 443 g/mol. The molecule has 1 aromatic heterocycles. The standard InChI is InChI=1S/C14H14BrF2O5PS/c1-3-21-23(20,22-4-2)14(16,17)12-10(15)8-6-5-7-9(13(18)19)11(8)24-12/h5-7H,3-4H2,1-2H3,(H,18,19). The fraction of sp³-hybridized carbons (Fsp3) is 0.357. The van der Waals surface area contributed by atoms with Crippen molar-refractivity contribution in [3.63, 3.8) is 0 Å². The lowest BCUT2D eigenvalue weighted by molar-refractivity contribution is 0.0387. The molecule has 0 aliphatic rings. The number of halogens is 3. The predicted molar refractivity (Wildman–Crippen MR) is 91.2 cm³/mol. The molecule has 1 heterocycles. The van der Waals surface area contributed by atoms with E-state index in [-0.39, 0.29) is 27.9 Å². The molecule has 0 aliphatic carbocycles. The van der Waals surface area contributed by atoms with E-state index in [4.69, 9.17) is 9.05 Å². The molecule has 0 saturated heterocycles. The molecule has 0 spiro atoms. The second-order valence-electron chi connectivity index (χ2n) is 4.61. The van der Waals surface area contributed by atoms with Gasteiger partial charge in [0.05, 0.1) is 23.5 Å². The van der Waals surface area contributed by atoms with Crippen LogP contribution in [0.3, 0.4) is 0 Å². The monoisotopic (exact) mass is 442 g/mol. The quantitative estimate of drug-likeness (QED) is 0.558. The predicted octanol–water partition coefficient (Wildman–Crippen LogP) is 5.68. The SMILES string of the molecule is CCOP(=O)(OCC)C(F)(F)c1sc2c(C(=O)O)cccc2c1Br. The summed E-state index contributed by atoms with van der Waals surface area (Å²) in [6.45, 7) is 2.44. The van der Waals surface area contributed by atoms with Crippen LogP contribution >= 0.6 is 34.9 Å². The molecule has 0 bridgehead atoms. The van der Waals surface area contributed by atoms with Crippen molar-refractivity contribution in [2.75, 3.05) is 13.2 Å². The Hall–Kier alpha value is -0.860. The highest BCUT2D eigenvalue weighted by Crippen LogP contribution is 2.69. The number of fused-ring (bicyclic) bond motifs is 1. The molecule has 0 radical (unpaired) electrons. The number of thiophene rings is 1. The number of carboxylic acids is 1. The number of carboxylic acid groups (broad SMARTS) is 1. The van der Waals surface area contributed by atoms with Gasteiger partial charge < -0.3 is 14.2 Å². The summed E-state index contributed by atoms with van der Waals surface area (Å²) in [7, 11) is -4.77. The molecular weight excluding hydrogens is 429 g/mol. The number of benzene rings is 1. The summed E-state index contributed by atoms with van der Waals surface area (Å²) < 4.78 is 52.1. The molecule has 0 amide bonds. The zero-order valence-electron chi connectivity index (χ0n) is 12.7. The van der Waals surface area contributed by atoms with Crippen molar-refractivity contribution in [1.29, 1.82) is 0 Å². The lowest BCUT2D eigenvalue weighted by atomic mass is 10.1. The van der Waals surface area contributed by atoms with Crippen molar-refractivity contribution < 1.29 is 32.3 Å². The highest BCUT2D eigenvalue weighted by molar-refractivity contribution is 9.10. The van der Waals surface area contributed by atoms with E-state index in [1.807, 2.05) is 0 Å².